The van der Waals surface area contributed by atoms with Crippen LogP contribution >= 0.6 is 0 Å². The standard InChI is InChI=1S/C20H22N2O2/c1-12-7-16(13(2)21)18-10-22(20(23)17(18)8-12)15-9-14-5-3-4-6-19(14)24-11-15/h3-8,13,15H,9-11,21H2,1-2H3. The van der Waals surface area contributed by atoms with Crippen molar-refractivity contribution in [2.45, 2.75) is 38.9 Å². The Morgan fingerprint density at radius 2 is 2.08 bits per heavy atom. The number of fused-ring (bicyclic) bond motifs is 2. The molecule has 2 aliphatic rings. The van der Waals surface area contributed by atoms with Gasteiger partial charge in [0, 0.05) is 18.2 Å². The van der Waals surface area contributed by atoms with Gasteiger partial charge >= 0.3 is 0 Å². The molecule has 0 saturated heterocycles. The fourth-order valence-corrected chi connectivity index (χ4v) is 3.82. The molecule has 4 heteroatoms. The number of hydrogen-bond acceptors (Lipinski definition) is 3. The van der Waals surface area contributed by atoms with E-state index in [1.54, 1.807) is 0 Å². The fourth-order valence-electron chi connectivity index (χ4n) is 3.82. The number of amides is 1. The zero-order valence-corrected chi connectivity index (χ0v) is 14.1. The molecule has 4 rings (SSSR count). The van der Waals surface area contributed by atoms with Crippen LogP contribution in [-0.2, 0) is 13.0 Å². The third-order valence-corrected chi connectivity index (χ3v) is 5.04. The number of ether oxygens (including phenoxy) is 1. The molecule has 2 aliphatic heterocycles. The van der Waals surface area contributed by atoms with Crippen molar-refractivity contribution in [3.63, 3.8) is 0 Å². The number of carbonyl (C=O) groups is 1. The molecular formula is C20H22N2O2. The van der Waals surface area contributed by atoms with Crippen LogP contribution < -0.4 is 10.5 Å². The average Bonchev–Trinajstić information content (AvgIpc) is 2.90. The highest BCUT2D eigenvalue weighted by molar-refractivity contribution is 5.99. The van der Waals surface area contributed by atoms with Crippen molar-refractivity contribution in [2.75, 3.05) is 6.61 Å². The summed E-state index contributed by atoms with van der Waals surface area (Å²) in [6, 6.07) is 12.1. The van der Waals surface area contributed by atoms with Gasteiger partial charge in [-0.2, -0.15) is 0 Å². The van der Waals surface area contributed by atoms with E-state index < -0.39 is 0 Å². The molecule has 0 aliphatic carbocycles. The Hall–Kier alpha value is -2.33. The van der Waals surface area contributed by atoms with E-state index >= 15 is 0 Å². The van der Waals surface area contributed by atoms with Gasteiger partial charge in [0.05, 0.1) is 6.04 Å². The molecule has 2 unspecified atom stereocenters. The van der Waals surface area contributed by atoms with Gasteiger partial charge < -0.3 is 15.4 Å². The molecule has 2 heterocycles. The summed E-state index contributed by atoms with van der Waals surface area (Å²) in [6.07, 6.45) is 0.836. The van der Waals surface area contributed by atoms with Gasteiger partial charge in [0.1, 0.15) is 12.4 Å². The molecule has 0 radical (unpaired) electrons. The van der Waals surface area contributed by atoms with E-state index in [9.17, 15) is 4.79 Å². The van der Waals surface area contributed by atoms with Crippen LogP contribution in [0.25, 0.3) is 0 Å². The second kappa shape index (κ2) is 5.64. The van der Waals surface area contributed by atoms with Crippen LogP contribution in [0.15, 0.2) is 36.4 Å². The number of nitrogens with zero attached hydrogens (tertiary/aromatic N) is 1. The minimum Gasteiger partial charge on any atom is -0.491 e. The molecule has 0 saturated carbocycles. The van der Waals surface area contributed by atoms with Gasteiger partial charge in [-0.1, -0.05) is 24.3 Å². The zero-order chi connectivity index (χ0) is 16.8. The van der Waals surface area contributed by atoms with E-state index in [0.29, 0.717) is 13.2 Å². The van der Waals surface area contributed by atoms with E-state index in [4.69, 9.17) is 10.5 Å². The lowest BCUT2D eigenvalue weighted by atomic mass is 9.96. The summed E-state index contributed by atoms with van der Waals surface area (Å²) in [7, 11) is 0. The Kier molecular flexibility index (Phi) is 3.57. The summed E-state index contributed by atoms with van der Waals surface area (Å²) in [5.74, 6) is 1.04. The third kappa shape index (κ3) is 2.38. The Labute approximate surface area is 142 Å². The van der Waals surface area contributed by atoms with E-state index in [0.717, 1.165) is 34.4 Å². The van der Waals surface area contributed by atoms with Crippen LogP contribution in [-0.4, -0.2) is 23.5 Å². The SMILES string of the molecule is Cc1cc2c(c(C(C)N)c1)CN(C1COc3ccccc3C1)C2=O. The molecule has 2 aromatic carbocycles. The zero-order valence-electron chi connectivity index (χ0n) is 14.1. The average molecular weight is 322 g/mol. The summed E-state index contributed by atoms with van der Waals surface area (Å²) >= 11 is 0. The van der Waals surface area contributed by atoms with Crippen molar-refractivity contribution in [1.82, 2.24) is 4.90 Å². The van der Waals surface area contributed by atoms with Gasteiger partial charge in [-0.05, 0) is 54.7 Å². The summed E-state index contributed by atoms with van der Waals surface area (Å²) < 4.78 is 5.88. The molecular weight excluding hydrogens is 300 g/mol. The number of aryl methyl sites for hydroxylation is 1. The molecule has 124 valence electrons. The lowest BCUT2D eigenvalue weighted by Crippen LogP contribution is -2.43. The Morgan fingerprint density at radius 3 is 2.88 bits per heavy atom. The topological polar surface area (TPSA) is 55.6 Å². The van der Waals surface area contributed by atoms with Crippen LogP contribution in [0.3, 0.4) is 0 Å². The minimum absolute atomic E-state index is 0.0704. The number of rotatable bonds is 2. The van der Waals surface area contributed by atoms with Crippen LogP contribution in [0.1, 0.15) is 45.6 Å². The lowest BCUT2D eigenvalue weighted by molar-refractivity contribution is 0.0612. The molecule has 24 heavy (non-hydrogen) atoms. The maximum absolute atomic E-state index is 13.0. The third-order valence-electron chi connectivity index (χ3n) is 5.04. The lowest BCUT2D eigenvalue weighted by Gasteiger charge is -2.32. The van der Waals surface area contributed by atoms with E-state index in [-0.39, 0.29) is 18.0 Å². The number of benzene rings is 2. The van der Waals surface area contributed by atoms with Crippen molar-refractivity contribution in [3.8, 4) is 5.75 Å². The van der Waals surface area contributed by atoms with E-state index in [1.807, 2.05) is 43.0 Å². The maximum Gasteiger partial charge on any atom is 0.254 e. The molecule has 2 aromatic rings. The Balaban J connectivity index is 1.66. The number of carbonyl (C=O) groups excluding carboxylic acids is 1. The van der Waals surface area contributed by atoms with Crippen molar-refractivity contribution in [1.29, 1.82) is 0 Å². The minimum atomic E-state index is -0.0743. The number of para-hydroxylation sites is 1. The molecule has 0 spiro atoms. The summed E-state index contributed by atoms with van der Waals surface area (Å²) in [4.78, 5) is 14.9. The van der Waals surface area contributed by atoms with Crippen molar-refractivity contribution < 1.29 is 9.53 Å². The number of nitrogens with two attached hydrogens (primary N) is 1. The molecule has 0 aromatic heterocycles. The number of hydrogen-bond donors (Lipinski definition) is 1. The summed E-state index contributed by atoms with van der Waals surface area (Å²) in [6.45, 7) is 5.16. The van der Waals surface area contributed by atoms with E-state index in [1.165, 1.54) is 5.56 Å². The second-order valence-electron chi connectivity index (χ2n) is 6.88. The van der Waals surface area contributed by atoms with Crippen molar-refractivity contribution >= 4 is 5.91 Å². The molecule has 1 amide bonds. The second-order valence-corrected chi connectivity index (χ2v) is 6.88. The van der Waals surface area contributed by atoms with Crippen molar-refractivity contribution in [3.05, 3.63) is 64.2 Å². The van der Waals surface area contributed by atoms with Crippen LogP contribution in [0.2, 0.25) is 0 Å². The van der Waals surface area contributed by atoms with Crippen LogP contribution in [0.5, 0.6) is 5.75 Å². The molecule has 2 atom stereocenters. The highest BCUT2D eigenvalue weighted by Gasteiger charge is 2.36. The van der Waals surface area contributed by atoms with Gasteiger partial charge in [0.15, 0.2) is 0 Å². The fraction of sp³-hybridized carbons (Fsp3) is 0.350. The Morgan fingerprint density at radius 1 is 1.29 bits per heavy atom. The maximum atomic E-state index is 13.0. The van der Waals surface area contributed by atoms with Gasteiger partial charge in [0.2, 0.25) is 0 Å². The molecule has 2 N–H and O–H groups in total. The van der Waals surface area contributed by atoms with Gasteiger partial charge in [-0.3, -0.25) is 4.79 Å². The first-order valence-corrected chi connectivity index (χ1v) is 8.45. The summed E-state index contributed by atoms with van der Waals surface area (Å²) in [5, 5.41) is 0. The van der Waals surface area contributed by atoms with Gasteiger partial charge in [0.25, 0.3) is 5.91 Å². The molecule has 0 fully saturated rings. The smallest absolute Gasteiger partial charge is 0.254 e. The highest BCUT2D eigenvalue weighted by atomic mass is 16.5. The van der Waals surface area contributed by atoms with Crippen LogP contribution in [0, 0.1) is 6.92 Å². The van der Waals surface area contributed by atoms with Gasteiger partial charge in [-0.15, -0.1) is 0 Å². The largest absolute Gasteiger partial charge is 0.491 e. The molecule has 0 bridgehead atoms. The predicted octanol–water partition coefficient (Wildman–Crippen LogP) is 2.97. The normalized spacial score (nSPS) is 20.4. The molecule has 4 nitrogen and oxygen atoms in total. The first-order chi connectivity index (χ1) is 11.5. The first kappa shape index (κ1) is 15.2. The van der Waals surface area contributed by atoms with Crippen molar-refractivity contribution in [2.24, 2.45) is 5.73 Å². The van der Waals surface area contributed by atoms with Gasteiger partial charge in [-0.25, -0.2) is 0 Å². The van der Waals surface area contributed by atoms with Crippen LogP contribution in [0.4, 0.5) is 0 Å². The Bertz CT molecular complexity index is 813. The highest BCUT2D eigenvalue weighted by Crippen LogP contribution is 2.34. The predicted molar refractivity (Wildman–Crippen MR) is 93.1 cm³/mol. The quantitative estimate of drug-likeness (QED) is 0.925. The summed E-state index contributed by atoms with van der Waals surface area (Å²) in [5.41, 5.74) is 11.4. The van der Waals surface area contributed by atoms with E-state index in [2.05, 4.69) is 12.1 Å². The first-order valence-electron chi connectivity index (χ1n) is 8.45. The monoisotopic (exact) mass is 322 g/mol.